The quantitative estimate of drug-likeness (QED) is 0.610. The Balaban J connectivity index is 1.43. The molecule has 0 spiro atoms. The van der Waals surface area contributed by atoms with Gasteiger partial charge in [-0.25, -0.2) is 8.42 Å². The minimum Gasteiger partial charge on any atom is -0.311 e. The smallest absolute Gasteiger partial charge is 0.311 e. The van der Waals surface area contributed by atoms with Crippen molar-refractivity contribution in [1.29, 1.82) is 0 Å². The number of halogens is 3. The molecule has 0 radical (unpaired) electrons. The number of carbonyl (C=O) groups excluding carboxylic acids is 1. The number of benzene rings is 2. The van der Waals surface area contributed by atoms with E-state index in [1.807, 2.05) is 0 Å². The van der Waals surface area contributed by atoms with Crippen molar-refractivity contribution in [3.05, 3.63) is 59.2 Å². The molecule has 4 rings (SSSR count). The zero-order valence-corrected chi connectivity index (χ0v) is 19.8. The maximum Gasteiger partial charge on any atom is 0.416 e. The molecule has 0 saturated carbocycles. The summed E-state index contributed by atoms with van der Waals surface area (Å²) < 4.78 is 65.6. The predicted molar refractivity (Wildman–Crippen MR) is 123 cm³/mol. The molecule has 184 valence electrons. The molecule has 0 aromatic heterocycles. The third kappa shape index (κ3) is 5.29. The van der Waals surface area contributed by atoms with Crippen molar-refractivity contribution in [3.63, 3.8) is 0 Å². The highest BCUT2D eigenvalue weighted by atomic mass is 32.2. The first-order valence-corrected chi connectivity index (χ1v) is 12.8. The summed E-state index contributed by atoms with van der Waals surface area (Å²) in [5.41, 5.74) is 1.54. The number of alkyl halides is 3. The van der Waals surface area contributed by atoms with Crippen molar-refractivity contribution in [2.75, 3.05) is 38.1 Å². The number of carbonyl (C=O) groups is 1. The number of anilines is 1. The first-order chi connectivity index (χ1) is 16.1. The van der Waals surface area contributed by atoms with Gasteiger partial charge in [0.25, 0.3) is 0 Å². The van der Waals surface area contributed by atoms with Crippen molar-refractivity contribution in [2.24, 2.45) is 0 Å². The van der Waals surface area contributed by atoms with Gasteiger partial charge in [-0.05, 0) is 74.2 Å². The van der Waals surface area contributed by atoms with Crippen molar-refractivity contribution in [3.8, 4) is 0 Å². The van der Waals surface area contributed by atoms with Crippen LogP contribution in [0, 0.1) is 0 Å². The van der Waals surface area contributed by atoms with Crippen molar-refractivity contribution in [1.82, 2.24) is 9.21 Å². The van der Waals surface area contributed by atoms with Gasteiger partial charge < -0.3 is 4.90 Å². The van der Waals surface area contributed by atoms with E-state index in [0.717, 1.165) is 42.6 Å². The van der Waals surface area contributed by atoms with E-state index in [9.17, 15) is 26.4 Å². The topological polar surface area (TPSA) is 60.9 Å². The maximum absolute atomic E-state index is 13.0. The van der Waals surface area contributed by atoms with Crippen molar-refractivity contribution < 1.29 is 26.4 Å². The van der Waals surface area contributed by atoms with Gasteiger partial charge >= 0.3 is 6.18 Å². The number of hydrogen-bond acceptors (Lipinski definition) is 4. The summed E-state index contributed by atoms with van der Waals surface area (Å²) in [5, 5.41) is 0. The average Bonchev–Trinajstić information content (AvgIpc) is 3.34. The van der Waals surface area contributed by atoms with Crippen LogP contribution in [0.25, 0.3) is 0 Å². The molecule has 2 aromatic rings. The lowest BCUT2D eigenvalue weighted by Crippen LogP contribution is -2.41. The monoisotopic (exact) mass is 495 g/mol. The number of rotatable bonds is 6. The molecule has 1 fully saturated rings. The molecular weight excluding hydrogens is 467 g/mol. The van der Waals surface area contributed by atoms with Crippen LogP contribution in [0.15, 0.2) is 47.4 Å². The highest BCUT2D eigenvalue weighted by Gasteiger charge is 2.31. The fraction of sp³-hybridized carbons (Fsp3) is 0.458. The number of likely N-dealkylation sites (N-methyl/N-ethyl adjacent to an activating group) is 1. The van der Waals surface area contributed by atoms with Crippen LogP contribution in [0.5, 0.6) is 0 Å². The van der Waals surface area contributed by atoms with Crippen LogP contribution >= 0.6 is 0 Å². The Morgan fingerprint density at radius 2 is 1.68 bits per heavy atom. The van der Waals surface area contributed by atoms with Crippen LogP contribution in [0.2, 0.25) is 0 Å². The Hall–Kier alpha value is -2.43. The van der Waals surface area contributed by atoms with E-state index < -0.39 is 21.8 Å². The Bertz CT molecular complexity index is 1140. The van der Waals surface area contributed by atoms with Gasteiger partial charge in [-0.2, -0.15) is 17.5 Å². The normalized spacial score (nSPS) is 17.3. The summed E-state index contributed by atoms with van der Waals surface area (Å²) in [4.78, 5) is 16.7. The molecule has 34 heavy (non-hydrogen) atoms. The van der Waals surface area contributed by atoms with E-state index in [2.05, 4.69) is 0 Å². The van der Waals surface area contributed by atoms with Crippen molar-refractivity contribution >= 4 is 21.6 Å². The van der Waals surface area contributed by atoms with Crippen LogP contribution < -0.4 is 4.90 Å². The molecule has 6 nitrogen and oxygen atoms in total. The van der Waals surface area contributed by atoms with Crippen LogP contribution in [0.4, 0.5) is 18.9 Å². The summed E-state index contributed by atoms with van der Waals surface area (Å²) >= 11 is 0. The molecule has 10 heteroatoms. The third-order valence-electron chi connectivity index (χ3n) is 6.31. The second-order valence-corrected chi connectivity index (χ2v) is 10.9. The minimum atomic E-state index is -4.38. The highest BCUT2D eigenvalue weighted by Crippen LogP contribution is 2.32. The summed E-state index contributed by atoms with van der Waals surface area (Å²) in [6.07, 6.45) is -1.22. The lowest BCUT2D eigenvalue weighted by Gasteiger charge is -2.31. The standard InChI is InChI=1S/C24H28F3N3O3S/c1-28(16-18-6-8-20(9-7-18)24(25,26)27)17-23(31)30-14-4-5-19-15-21(10-11-22(19)30)34(32,33)29-12-2-3-13-29/h6-11,15H,2-5,12-14,16-17H2,1H3. The van der Waals surface area contributed by atoms with Gasteiger partial charge in [0.05, 0.1) is 17.0 Å². The first kappa shape index (κ1) is 24.7. The van der Waals surface area contributed by atoms with Gasteiger partial charge in [-0.3, -0.25) is 9.69 Å². The average molecular weight is 496 g/mol. The van der Waals surface area contributed by atoms with Crippen LogP contribution in [-0.4, -0.2) is 56.8 Å². The van der Waals surface area contributed by atoms with E-state index in [1.54, 1.807) is 35.0 Å². The maximum atomic E-state index is 13.0. The SMILES string of the molecule is CN(CC(=O)N1CCCc2cc(S(=O)(=O)N3CCCC3)ccc21)Cc1ccc(C(F)(F)F)cc1. The molecule has 1 amide bonds. The predicted octanol–water partition coefficient (Wildman–Crippen LogP) is 3.90. The lowest BCUT2D eigenvalue weighted by molar-refractivity contribution is -0.137. The molecule has 0 N–H and O–H groups in total. The molecule has 1 saturated heterocycles. The van der Waals surface area contributed by atoms with Gasteiger partial charge in [0, 0.05) is 31.9 Å². The molecular formula is C24H28F3N3O3S. The summed E-state index contributed by atoms with van der Waals surface area (Å²) in [6, 6.07) is 9.90. The number of sulfonamides is 1. The molecule has 2 aromatic carbocycles. The van der Waals surface area contributed by atoms with E-state index >= 15 is 0 Å². The number of aryl methyl sites for hydroxylation is 1. The molecule has 0 bridgehead atoms. The number of nitrogens with zero attached hydrogens (tertiary/aromatic N) is 3. The Morgan fingerprint density at radius 1 is 1.00 bits per heavy atom. The molecule has 0 unspecified atom stereocenters. The summed E-state index contributed by atoms with van der Waals surface area (Å²) in [6.45, 7) is 2.04. The number of amides is 1. The van der Waals surface area contributed by atoms with E-state index in [4.69, 9.17) is 0 Å². The molecule has 2 heterocycles. The van der Waals surface area contributed by atoms with E-state index in [1.165, 1.54) is 16.4 Å². The molecule has 0 atom stereocenters. The second-order valence-electron chi connectivity index (χ2n) is 8.92. The fourth-order valence-corrected chi connectivity index (χ4v) is 6.12. The van der Waals surface area contributed by atoms with Crippen LogP contribution in [0.3, 0.4) is 0 Å². The van der Waals surface area contributed by atoms with E-state index in [-0.39, 0.29) is 17.3 Å². The van der Waals surface area contributed by atoms with Gasteiger partial charge in [0.15, 0.2) is 0 Å². The lowest BCUT2D eigenvalue weighted by atomic mass is 10.0. The van der Waals surface area contributed by atoms with Crippen molar-refractivity contribution in [2.45, 2.75) is 43.3 Å². The number of fused-ring (bicyclic) bond motifs is 1. The minimum absolute atomic E-state index is 0.0916. The zero-order valence-electron chi connectivity index (χ0n) is 19.0. The van der Waals surface area contributed by atoms with Crippen LogP contribution in [0.1, 0.15) is 36.0 Å². The Labute approximate surface area is 198 Å². The summed E-state index contributed by atoms with van der Waals surface area (Å²) in [7, 11) is -1.78. The second kappa shape index (κ2) is 9.67. The Morgan fingerprint density at radius 3 is 2.32 bits per heavy atom. The molecule has 2 aliphatic heterocycles. The largest absolute Gasteiger partial charge is 0.416 e. The van der Waals surface area contributed by atoms with Crippen LogP contribution in [-0.2, 0) is 34.0 Å². The van der Waals surface area contributed by atoms with Gasteiger partial charge in [0.1, 0.15) is 0 Å². The van der Waals surface area contributed by atoms with Gasteiger partial charge in [0.2, 0.25) is 15.9 Å². The van der Waals surface area contributed by atoms with E-state index in [0.29, 0.717) is 38.2 Å². The molecule has 2 aliphatic rings. The third-order valence-corrected chi connectivity index (χ3v) is 8.21. The highest BCUT2D eigenvalue weighted by molar-refractivity contribution is 7.89. The molecule has 0 aliphatic carbocycles. The fourth-order valence-electron chi connectivity index (χ4n) is 4.55. The Kier molecular flexibility index (Phi) is 7.02. The summed E-state index contributed by atoms with van der Waals surface area (Å²) in [5.74, 6) is -0.134. The number of hydrogen-bond donors (Lipinski definition) is 0. The van der Waals surface area contributed by atoms with Gasteiger partial charge in [-0.1, -0.05) is 12.1 Å². The van der Waals surface area contributed by atoms with Gasteiger partial charge in [-0.15, -0.1) is 0 Å². The zero-order chi connectivity index (χ0) is 24.5. The first-order valence-electron chi connectivity index (χ1n) is 11.3.